The topological polar surface area (TPSA) is 35.2 Å². The van der Waals surface area contributed by atoms with Crippen molar-refractivity contribution in [2.24, 2.45) is 5.73 Å². The van der Waals surface area contributed by atoms with Gasteiger partial charge in [-0.2, -0.15) is 0 Å². The third-order valence-electron chi connectivity index (χ3n) is 1.25. The maximum atomic E-state index is 5.66. The van der Waals surface area contributed by atoms with Crippen LogP contribution in [0.4, 0.5) is 0 Å². The van der Waals surface area contributed by atoms with E-state index in [-0.39, 0.29) is 24.0 Å². The van der Waals surface area contributed by atoms with Gasteiger partial charge in [0.25, 0.3) is 0 Å². The highest BCUT2D eigenvalue weighted by atomic mass is 35.5. The zero-order chi connectivity index (χ0) is 8.20. The van der Waals surface area contributed by atoms with Crippen molar-refractivity contribution in [3.63, 3.8) is 0 Å². The van der Waals surface area contributed by atoms with Crippen LogP contribution in [-0.4, -0.2) is 18.2 Å². The number of ether oxygens (including phenoxy) is 1. The summed E-state index contributed by atoms with van der Waals surface area (Å²) >= 11 is 0. The van der Waals surface area contributed by atoms with Crippen LogP contribution in [0.5, 0.6) is 0 Å². The molecule has 0 aliphatic rings. The lowest BCUT2D eigenvalue weighted by atomic mass is 10.2. The Labute approximate surface area is 75.9 Å². The smallest absolute Gasteiger partial charge is 0.0624 e. The molecule has 0 amide bonds. The first-order valence-electron chi connectivity index (χ1n) is 3.85. The lowest BCUT2D eigenvalue weighted by Gasteiger charge is -2.21. The minimum atomic E-state index is -0.0488. The fourth-order valence-electron chi connectivity index (χ4n) is 0.475. The van der Waals surface area contributed by atoms with Gasteiger partial charge in [-0.15, -0.1) is 12.4 Å². The minimum Gasteiger partial charge on any atom is -0.374 e. The summed E-state index contributed by atoms with van der Waals surface area (Å²) in [7, 11) is 0. The molecule has 0 rings (SSSR count). The van der Waals surface area contributed by atoms with Gasteiger partial charge in [0.15, 0.2) is 0 Å². The van der Waals surface area contributed by atoms with E-state index in [2.05, 4.69) is 6.92 Å². The molecule has 2 nitrogen and oxygen atoms in total. The summed E-state index contributed by atoms with van der Waals surface area (Å²) in [5.74, 6) is 0. The van der Waals surface area contributed by atoms with E-state index in [1.54, 1.807) is 0 Å². The van der Waals surface area contributed by atoms with E-state index in [9.17, 15) is 0 Å². The molecule has 0 saturated heterocycles. The van der Waals surface area contributed by atoms with Gasteiger partial charge < -0.3 is 10.5 Å². The van der Waals surface area contributed by atoms with Gasteiger partial charge in [0, 0.05) is 6.04 Å². The van der Waals surface area contributed by atoms with Crippen molar-refractivity contribution < 1.29 is 4.74 Å². The molecule has 0 aliphatic heterocycles. The van der Waals surface area contributed by atoms with Crippen molar-refractivity contribution >= 4 is 12.4 Å². The third-order valence-corrected chi connectivity index (χ3v) is 1.25. The van der Waals surface area contributed by atoms with Gasteiger partial charge in [0.05, 0.1) is 12.2 Å². The van der Waals surface area contributed by atoms with Gasteiger partial charge in [-0.25, -0.2) is 0 Å². The molecule has 3 heteroatoms. The monoisotopic (exact) mass is 181 g/mol. The summed E-state index contributed by atoms with van der Waals surface area (Å²) in [5, 5.41) is 0. The normalized spacial score (nSPS) is 13.9. The number of rotatable bonds is 3. The zero-order valence-electron chi connectivity index (χ0n) is 7.89. The minimum absolute atomic E-state index is 0. The predicted octanol–water partition coefficient (Wildman–Crippen LogP) is 1.96. The summed E-state index contributed by atoms with van der Waals surface area (Å²) in [5.41, 5.74) is 5.61. The fraction of sp³-hybridized carbons (Fsp3) is 1.00. The van der Waals surface area contributed by atoms with Crippen LogP contribution in [-0.2, 0) is 4.74 Å². The summed E-state index contributed by atoms with van der Waals surface area (Å²) in [4.78, 5) is 0. The fourth-order valence-corrected chi connectivity index (χ4v) is 0.475. The van der Waals surface area contributed by atoms with Crippen LogP contribution < -0.4 is 5.73 Å². The Morgan fingerprint density at radius 1 is 1.36 bits per heavy atom. The van der Waals surface area contributed by atoms with Gasteiger partial charge >= 0.3 is 0 Å². The number of nitrogens with two attached hydrogens (primary N) is 1. The van der Waals surface area contributed by atoms with Crippen LogP contribution in [0.25, 0.3) is 0 Å². The second-order valence-corrected chi connectivity index (χ2v) is 3.59. The first-order chi connectivity index (χ1) is 4.45. The van der Waals surface area contributed by atoms with E-state index in [0.29, 0.717) is 6.61 Å². The maximum absolute atomic E-state index is 5.66. The molecule has 0 aromatic rings. The average Bonchev–Trinajstić information content (AvgIpc) is 1.81. The number of hydrogen-bond donors (Lipinski definition) is 1. The van der Waals surface area contributed by atoms with E-state index in [0.717, 1.165) is 6.42 Å². The molecule has 0 heterocycles. The molecule has 0 spiro atoms. The van der Waals surface area contributed by atoms with E-state index >= 15 is 0 Å². The Morgan fingerprint density at radius 3 is 2.09 bits per heavy atom. The van der Waals surface area contributed by atoms with Crippen molar-refractivity contribution in [2.75, 3.05) is 6.61 Å². The SMILES string of the molecule is CC[C@@H](N)COC(C)(C)C.Cl. The molecule has 0 aromatic carbocycles. The van der Waals surface area contributed by atoms with Gasteiger partial charge in [0.1, 0.15) is 0 Å². The highest BCUT2D eigenvalue weighted by molar-refractivity contribution is 5.85. The van der Waals surface area contributed by atoms with Crippen molar-refractivity contribution in [1.29, 1.82) is 0 Å². The second-order valence-electron chi connectivity index (χ2n) is 3.59. The quantitative estimate of drug-likeness (QED) is 0.723. The second kappa shape index (κ2) is 5.81. The molecule has 0 saturated carbocycles. The molecule has 0 fully saturated rings. The highest BCUT2D eigenvalue weighted by Gasteiger charge is 2.11. The van der Waals surface area contributed by atoms with Gasteiger partial charge in [0.2, 0.25) is 0 Å². The molecule has 0 radical (unpaired) electrons. The van der Waals surface area contributed by atoms with Gasteiger partial charge in [-0.3, -0.25) is 0 Å². The third kappa shape index (κ3) is 10.2. The Bertz CT molecular complexity index is 90.6. The van der Waals surface area contributed by atoms with Crippen molar-refractivity contribution in [3.05, 3.63) is 0 Å². The maximum Gasteiger partial charge on any atom is 0.0624 e. The molecule has 2 N–H and O–H groups in total. The Balaban J connectivity index is 0. The van der Waals surface area contributed by atoms with Crippen molar-refractivity contribution in [3.8, 4) is 0 Å². The Kier molecular flexibility index (Phi) is 7.28. The van der Waals surface area contributed by atoms with Crippen LogP contribution >= 0.6 is 12.4 Å². The molecule has 1 atom stereocenters. The highest BCUT2D eigenvalue weighted by Crippen LogP contribution is 2.06. The number of halogens is 1. The van der Waals surface area contributed by atoms with Gasteiger partial charge in [-0.1, -0.05) is 6.92 Å². The van der Waals surface area contributed by atoms with E-state index in [1.807, 2.05) is 20.8 Å². The first kappa shape index (κ1) is 13.8. The van der Waals surface area contributed by atoms with Crippen molar-refractivity contribution in [1.82, 2.24) is 0 Å². The van der Waals surface area contributed by atoms with Crippen LogP contribution in [0.2, 0.25) is 0 Å². The average molecular weight is 182 g/mol. The Hall–Kier alpha value is 0.210. The molecular formula is C8H20ClNO. The summed E-state index contributed by atoms with van der Waals surface area (Å²) in [6, 6.07) is 0.194. The van der Waals surface area contributed by atoms with Crippen molar-refractivity contribution in [2.45, 2.75) is 45.8 Å². The zero-order valence-corrected chi connectivity index (χ0v) is 8.70. The molecule has 0 aliphatic carbocycles. The lowest BCUT2D eigenvalue weighted by molar-refractivity contribution is -0.0102. The predicted molar refractivity (Wildman–Crippen MR) is 51.2 cm³/mol. The van der Waals surface area contributed by atoms with E-state index < -0.39 is 0 Å². The summed E-state index contributed by atoms with van der Waals surface area (Å²) in [6.07, 6.45) is 0.982. The number of hydrogen-bond acceptors (Lipinski definition) is 2. The van der Waals surface area contributed by atoms with Gasteiger partial charge in [-0.05, 0) is 27.2 Å². The van der Waals surface area contributed by atoms with Crippen LogP contribution in [0.15, 0.2) is 0 Å². The first-order valence-corrected chi connectivity index (χ1v) is 3.85. The standard InChI is InChI=1S/C8H19NO.ClH/c1-5-7(9)6-10-8(2,3)4;/h7H,5-6,9H2,1-4H3;1H/t7-;/m1./s1. The molecule has 0 bridgehead atoms. The molecule has 70 valence electrons. The van der Waals surface area contributed by atoms with Crippen LogP contribution in [0.3, 0.4) is 0 Å². The summed E-state index contributed by atoms with van der Waals surface area (Å²) in [6.45, 7) is 8.84. The van der Waals surface area contributed by atoms with Crippen LogP contribution in [0, 0.1) is 0 Å². The molecule has 0 aromatic heterocycles. The molecule has 0 unspecified atom stereocenters. The van der Waals surface area contributed by atoms with E-state index in [4.69, 9.17) is 10.5 Å². The molecular weight excluding hydrogens is 162 g/mol. The molecule has 11 heavy (non-hydrogen) atoms. The largest absolute Gasteiger partial charge is 0.374 e. The Morgan fingerprint density at radius 2 is 1.82 bits per heavy atom. The summed E-state index contributed by atoms with van der Waals surface area (Å²) < 4.78 is 5.46. The van der Waals surface area contributed by atoms with Crippen LogP contribution in [0.1, 0.15) is 34.1 Å². The lowest BCUT2D eigenvalue weighted by Crippen LogP contribution is -2.31. The van der Waals surface area contributed by atoms with E-state index in [1.165, 1.54) is 0 Å².